The van der Waals surface area contributed by atoms with E-state index in [1.165, 1.54) is 12.8 Å². The van der Waals surface area contributed by atoms with Crippen molar-refractivity contribution in [3.05, 3.63) is 23.8 Å². The average Bonchev–Trinajstić information content (AvgIpc) is 2.79. The molecule has 1 fully saturated rings. The molecule has 1 aliphatic heterocycles. The fourth-order valence-corrected chi connectivity index (χ4v) is 3.15. The maximum atomic E-state index is 12.6. The Morgan fingerprint density at radius 3 is 2.55 bits per heavy atom. The maximum absolute atomic E-state index is 12.6. The van der Waals surface area contributed by atoms with Crippen LogP contribution in [0.2, 0.25) is 0 Å². The van der Waals surface area contributed by atoms with Crippen molar-refractivity contribution in [3.63, 3.8) is 0 Å². The summed E-state index contributed by atoms with van der Waals surface area (Å²) in [6, 6.07) is 5.62. The Morgan fingerprint density at radius 1 is 1.10 bits per heavy atom. The van der Waals surface area contributed by atoms with E-state index in [1.807, 2.05) is 18.2 Å². The van der Waals surface area contributed by atoms with Crippen molar-refractivity contribution < 1.29 is 14.3 Å². The summed E-state index contributed by atoms with van der Waals surface area (Å²) in [6.45, 7) is 5.59. The highest BCUT2D eigenvalue weighted by Gasteiger charge is 2.30. The smallest absolute Gasteiger partial charge is 0.166 e. The molecule has 1 aromatic rings. The molecule has 20 heavy (non-hydrogen) atoms. The maximum Gasteiger partial charge on any atom is 0.166 e. The number of rotatable bonds is 2. The van der Waals surface area contributed by atoms with E-state index < -0.39 is 0 Å². The first kappa shape index (κ1) is 13.5. The SMILES string of the molecule is CC1COc2ccc(C(=O)C3CCCC3C)cc2OC1. The fraction of sp³-hybridized carbons (Fsp3) is 0.588. The fourth-order valence-electron chi connectivity index (χ4n) is 3.15. The molecular formula is C17H22O3. The molecule has 1 heterocycles. The molecule has 0 saturated heterocycles. The lowest BCUT2D eigenvalue weighted by Crippen LogP contribution is -2.17. The molecule has 1 aromatic carbocycles. The summed E-state index contributed by atoms with van der Waals surface area (Å²) >= 11 is 0. The van der Waals surface area contributed by atoms with Crippen LogP contribution in [-0.4, -0.2) is 19.0 Å². The molecule has 0 spiro atoms. The predicted molar refractivity (Wildman–Crippen MR) is 77.4 cm³/mol. The van der Waals surface area contributed by atoms with Gasteiger partial charge in [-0.3, -0.25) is 4.79 Å². The van der Waals surface area contributed by atoms with Crippen LogP contribution >= 0.6 is 0 Å². The normalized spacial score (nSPS) is 29.0. The van der Waals surface area contributed by atoms with Crippen LogP contribution in [0, 0.1) is 17.8 Å². The molecule has 3 unspecified atom stereocenters. The van der Waals surface area contributed by atoms with Gasteiger partial charge in [-0.25, -0.2) is 0 Å². The third kappa shape index (κ3) is 2.54. The molecule has 1 aliphatic carbocycles. The van der Waals surface area contributed by atoms with Gasteiger partial charge in [-0.1, -0.05) is 20.3 Å². The molecule has 0 radical (unpaired) electrons. The van der Waals surface area contributed by atoms with E-state index in [4.69, 9.17) is 9.47 Å². The number of fused-ring (bicyclic) bond motifs is 1. The van der Waals surface area contributed by atoms with Gasteiger partial charge in [0.1, 0.15) is 0 Å². The Bertz CT molecular complexity index is 509. The summed E-state index contributed by atoms with van der Waals surface area (Å²) in [5, 5.41) is 0. The van der Waals surface area contributed by atoms with Gasteiger partial charge in [0.15, 0.2) is 17.3 Å². The average molecular weight is 274 g/mol. The van der Waals surface area contributed by atoms with E-state index in [0.29, 0.717) is 30.8 Å². The van der Waals surface area contributed by atoms with Crippen molar-refractivity contribution in [2.45, 2.75) is 33.1 Å². The molecule has 0 amide bonds. The first-order valence-electron chi connectivity index (χ1n) is 7.59. The van der Waals surface area contributed by atoms with Crippen LogP contribution < -0.4 is 9.47 Å². The lowest BCUT2D eigenvalue weighted by atomic mass is 9.89. The Kier molecular flexibility index (Phi) is 3.68. The van der Waals surface area contributed by atoms with Crippen LogP contribution in [0.3, 0.4) is 0 Å². The van der Waals surface area contributed by atoms with Gasteiger partial charge < -0.3 is 9.47 Å². The molecule has 0 bridgehead atoms. The van der Waals surface area contributed by atoms with E-state index in [9.17, 15) is 4.79 Å². The van der Waals surface area contributed by atoms with Crippen LogP contribution in [0.4, 0.5) is 0 Å². The van der Waals surface area contributed by atoms with Crippen molar-refractivity contribution in [1.82, 2.24) is 0 Å². The van der Waals surface area contributed by atoms with Gasteiger partial charge >= 0.3 is 0 Å². The summed E-state index contributed by atoms with van der Waals surface area (Å²) in [7, 11) is 0. The zero-order valence-electron chi connectivity index (χ0n) is 12.2. The second-order valence-corrected chi connectivity index (χ2v) is 6.27. The molecule has 2 aliphatic rings. The van der Waals surface area contributed by atoms with Crippen molar-refractivity contribution in [3.8, 4) is 11.5 Å². The molecule has 3 heteroatoms. The van der Waals surface area contributed by atoms with Crippen molar-refractivity contribution in [2.24, 2.45) is 17.8 Å². The summed E-state index contributed by atoms with van der Waals surface area (Å²) < 4.78 is 11.5. The van der Waals surface area contributed by atoms with Gasteiger partial charge in [-0.2, -0.15) is 0 Å². The molecule has 1 saturated carbocycles. The summed E-state index contributed by atoms with van der Waals surface area (Å²) in [4.78, 5) is 12.6. The van der Waals surface area contributed by atoms with E-state index in [2.05, 4.69) is 13.8 Å². The number of carbonyl (C=O) groups is 1. The molecule has 0 aromatic heterocycles. The molecule has 3 rings (SSSR count). The highest BCUT2D eigenvalue weighted by molar-refractivity contribution is 5.98. The van der Waals surface area contributed by atoms with E-state index in [0.717, 1.165) is 17.7 Å². The van der Waals surface area contributed by atoms with Gasteiger partial charge in [0, 0.05) is 17.4 Å². The van der Waals surface area contributed by atoms with Crippen LogP contribution in [0.15, 0.2) is 18.2 Å². The van der Waals surface area contributed by atoms with Gasteiger partial charge in [-0.15, -0.1) is 0 Å². The number of hydrogen-bond donors (Lipinski definition) is 0. The number of Topliss-reactive ketones (excluding diaryl/α,β-unsaturated/α-hetero) is 1. The highest BCUT2D eigenvalue weighted by Crippen LogP contribution is 2.36. The Labute approximate surface area is 120 Å². The van der Waals surface area contributed by atoms with Gasteiger partial charge in [0.2, 0.25) is 0 Å². The topological polar surface area (TPSA) is 35.5 Å². The monoisotopic (exact) mass is 274 g/mol. The van der Waals surface area contributed by atoms with E-state index >= 15 is 0 Å². The predicted octanol–water partition coefficient (Wildman–Crippen LogP) is 3.71. The van der Waals surface area contributed by atoms with E-state index in [1.54, 1.807) is 0 Å². The minimum atomic E-state index is 0.179. The van der Waals surface area contributed by atoms with Crippen LogP contribution in [-0.2, 0) is 0 Å². The lowest BCUT2D eigenvalue weighted by molar-refractivity contribution is 0.0896. The lowest BCUT2D eigenvalue weighted by Gasteiger charge is -2.15. The summed E-state index contributed by atoms with van der Waals surface area (Å²) in [6.07, 6.45) is 3.35. The molecular weight excluding hydrogens is 252 g/mol. The van der Waals surface area contributed by atoms with Crippen LogP contribution in [0.5, 0.6) is 11.5 Å². The van der Waals surface area contributed by atoms with Gasteiger partial charge in [0.05, 0.1) is 13.2 Å². The number of benzene rings is 1. The quantitative estimate of drug-likeness (QED) is 0.771. The number of carbonyl (C=O) groups excluding carboxylic acids is 1. The summed E-state index contributed by atoms with van der Waals surface area (Å²) in [5.41, 5.74) is 0.764. The van der Waals surface area contributed by atoms with Crippen LogP contribution in [0.1, 0.15) is 43.5 Å². The third-order valence-electron chi connectivity index (χ3n) is 4.47. The minimum absolute atomic E-state index is 0.179. The molecule has 3 atom stereocenters. The van der Waals surface area contributed by atoms with E-state index in [-0.39, 0.29) is 11.7 Å². The number of ether oxygens (including phenoxy) is 2. The zero-order valence-corrected chi connectivity index (χ0v) is 12.2. The molecule has 0 N–H and O–H groups in total. The summed E-state index contributed by atoms with van der Waals surface area (Å²) in [5.74, 6) is 2.78. The second kappa shape index (κ2) is 5.47. The largest absolute Gasteiger partial charge is 0.489 e. The van der Waals surface area contributed by atoms with Gasteiger partial charge in [0.25, 0.3) is 0 Å². The second-order valence-electron chi connectivity index (χ2n) is 6.27. The van der Waals surface area contributed by atoms with Crippen LogP contribution in [0.25, 0.3) is 0 Å². The molecule has 108 valence electrons. The number of ketones is 1. The first-order chi connectivity index (χ1) is 9.65. The standard InChI is InChI=1S/C17H22O3/c1-11-9-19-15-7-6-13(8-16(15)20-10-11)17(18)14-5-3-4-12(14)2/h6-8,11-12,14H,3-5,9-10H2,1-2H3. The molecule has 3 nitrogen and oxygen atoms in total. The third-order valence-corrected chi connectivity index (χ3v) is 4.47. The highest BCUT2D eigenvalue weighted by atomic mass is 16.5. The zero-order chi connectivity index (χ0) is 14.1. The Balaban J connectivity index is 1.83. The van der Waals surface area contributed by atoms with Crippen molar-refractivity contribution in [2.75, 3.05) is 13.2 Å². The minimum Gasteiger partial charge on any atom is -0.489 e. The Morgan fingerprint density at radius 2 is 1.85 bits per heavy atom. The van der Waals surface area contributed by atoms with Crippen molar-refractivity contribution in [1.29, 1.82) is 0 Å². The first-order valence-corrected chi connectivity index (χ1v) is 7.59. The number of hydrogen-bond acceptors (Lipinski definition) is 3. The Hall–Kier alpha value is -1.51. The van der Waals surface area contributed by atoms with Crippen molar-refractivity contribution >= 4 is 5.78 Å². The van der Waals surface area contributed by atoms with Gasteiger partial charge in [-0.05, 0) is 37.0 Å².